The smallest absolute Gasteiger partial charge is 0.192 e. The van der Waals surface area contributed by atoms with E-state index < -0.39 is 31.1 Å². The predicted octanol–water partition coefficient (Wildman–Crippen LogP) is 14.7. The summed E-state index contributed by atoms with van der Waals surface area (Å²) in [6, 6.07) is 0. The maximum Gasteiger partial charge on any atom is 0.192 e. The van der Waals surface area contributed by atoms with Crippen molar-refractivity contribution in [2.45, 2.75) is 264 Å². The average molecular weight is 757 g/mol. The van der Waals surface area contributed by atoms with Gasteiger partial charge in [0.25, 0.3) is 0 Å². The topological polar surface area (TPSA) is 47.9 Å². The highest BCUT2D eigenvalue weighted by Crippen LogP contribution is 2.42. The van der Waals surface area contributed by atoms with Crippen LogP contribution >= 0.6 is 0 Å². The van der Waals surface area contributed by atoms with Gasteiger partial charge in [0, 0.05) is 18.3 Å². The van der Waals surface area contributed by atoms with Crippen molar-refractivity contribution in [2.24, 2.45) is 0 Å². The fourth-order valence-corrected chi connectivity index (χ4v) is 10.1. The summed E-state index contributed by atoms with van der Waals surface area (Å²) in [4.78, 5) is 0. The van der Waals surface area contributed by atoms with Gasteiger partial charge in [-0.15, -0.1) is 6.58 Å². The van der Waals surface area contributed by atoms with Gasteiger partial charge in [-0.05, 0) is 86.5 Å². The molecule has 50 heavy (non-hydrogen) atoms. The van der Waals surface area contributed by atoms with Gasteiger partial charge in [0.05, 0.1) is 6.10 Å². The van der Waals surface area contributed by atoms with E-state index in [1.807, 2.05) is 6.08 Å². The van der Waals surface area contributed by atoms with Gasteiger partial charge >= 0.3 is 0 Å². The Hall–Kier alpha value is 0.231. The van der Waals surface area contributed by atoms with Crippen molar-refractivity contribution in [3.63, 3.8) is 0 Å². The van der Waals surface area contributed by atoms with Crippen LogP contribution in [-0.4, -0.2) is 54.5 Å². The summed E-state index contributed by atoms with van der Waals surface area (Å²) in [5, 5.41) is 11.4. The summed E-state index contributed by atoms with van der Waals surface area (Å²) in [5.41, 5.74) is 0. The molecule has 0 rings (SSSR count). The molecule has 0 aromatic carbocycles. The Morgan fingerprint density at radius 3 is 1.14 bits per heavy atom. The molecule has 0 aromatic rings. The van der Waals surface area contributed by atoms with Gasteiger partial charge in [0.15, 0.2) is 25.0 Å². The zero-order valence-corrected chi connectivity index (χ0v) is 40.0. The average Bonchev–Trinajstić information content (AvgIpc) is 2.93. The summed E-state index contributed by atoms with van der Waals surface area (Å²) >= 11 is 0. The van der Waals surface area contributed by atoms with Gasteiger partial charge in [-0.2, -0.15) is 0 Å². The number of aliphatic hydroxyl groups is 1. The highest BCUT2D eigenvalue weighted by molar-refractivity contribution is 6.75. The third-order valence-electron chi connectivity index (χ3n) is 12.5. The van der Waals surface area contributed by atoms with Crippen molar-refractivity contribution < 1.29 is 18.4 Å². The van der Waals surface area contributed by atoms with Crippen LogP contribution in [0.3, 0.4) is 0 Å². The minimum Gasteiger partial charge on any atom is -0.414 e. The number of aliphatic hydroxyl groups excluding tert-OH is 1. The number of hydrogen-bond acceptors (Lipinski definition) is 4. The first-order chi connectivity index (χ1) is 22.8. The molecule has 0 amide bonds. The zero-order chi connectivity index (χ0) is 38.9. The quantitative estimate of drug-likeness (QED) is 0.0491. The van der Waals surface area contributed by atoms with Crippen molar-refractivity contribution in [3.8, 4) is 0 Å². The lowest BCUT2D eigenvalue weighted by molar-refractivity contribution is 0.0290. The molecule has 300 valence electrons. The molecule has 1 N–H and O–H groups in total. The Labute approximate surface area is 318 Å². The van der Waals surface area contributed by atoms with E-state index in [-0.39, 0.29) is 33.4 Å². The van der Waals surface area contributed by atoms with Gasteiger partial charge in [-0.3, -0.25) is 0 Å². The fraction of sp³-hybridized carbons (Fsp3) is 0.953. The van der Waals surface area contributed by atoms with E-state index in [0.29, 0.717) is 12.8 Å². The van der Waals surface area contributed by atoms with Crippen molar-refractivity contribution in [3.05, 3.63) is 12.7 Å². The standard InChI is InChI=1S/C43H92O4Si3/c1-18-20-21-22-23-24-25-26-27-28-29-30-31-33-38(45-48(12,13)41(3,4)5)35-40(47-50(16,17)43(9,10)11)36-39(34-37(44)32-19-2)46-49(14,15)42(6,7)8/h19,37-40,44H,2,18,20-36H2,1,3-17H3/t37-,38-,39-,40-/m0/s1. The van der Waals surface area contributed by atoms with E-state index >= 15 is 0 Å². The highest BCUT2D eigenvalue weighted by atomic mass is 28.4. The van der Waals surface area contributed by atoms with E-state index in [1.54, 1.807) is 0 Å². The van der Waals surface area contributed by atoms with Gasteiger partial charge in [0.2, 0.25) is 0 Å². The van der Waals surface area contributed by atoms with E-state index in [9.17, 15) is 5.11 Å². The Bertz CT molecular complexity index is 882. The summed E-state index contributed by atoms with van der Waals surface area (Å²) in [5.74, 6) is 0. The number of rotatable bonds is 28. The van der Waals surface area contributed by atoms with Crippen molar-refractivity contribution in [2.75, 3.05) is 0 Å². The minimum absolute atomic E-state index is 0.0262. The van der Waals surface area contributed by atoms with Gasteiger partial charge < -0.3 is 18.4 Å². The third kappa shape index (κ3) is 20.6. The van der Waals surface area contributed by atoms with E-state index in [2.05, 4.69) is 115 Å². The maximum atomic E-state index is 11.0. The molecule has 0 aliphatic heterocycles. The molecule has 0 aliphatic carbocycles. The number of hydrogen-bond donors (Lipinski definition) is 1. The van der Waals surface area contributed by atoms with Crippen LogP contribution in [0, 0.1) is 0 Å². The molecule has 0 spiro atoms. The fourth-order valence-electron chi connectivity index (χ4n) is 5.96. The van der Waals surface area contributed by atoms with Crippen LogP contribution in [0.4, 0.5) is 0 Å². The lowest BCUT2D eigenvalue weighted by Gasteiger charge is -2.44. The van der Waals surface area contributed by atoms with Gasteiger partial charge in [-0.1, -0.05) is 159 Å². The second-order valence-electron chi connectivity index (χ2n) is 20.4. The van der Waals surface area contributed by atoms with Crippen LogP contribution in [0.25, 0.3) is 0 Å². The normalized spacial score (nSPS) is 16.3. The molecule has 7 heteroatoms. The minimum atomic E-state index is -2.09. The van der Waals surface area contributed by atoms with E-state index in [4.69, 9.17) is 13.3 Å². The van der Waals surface area contributed by atoms with E-state index in [0.717, 1.165) is 19.3 Å². The summed E-state index contributed by atoms with van der Waals surface area (Å²) in [6.07, 6.45) is 23.3. The Kier molecular flexibility index (Phi) is 23.3. The zero-order valence-electron chi connectivity index (χ0n) is 37.0. The first-order valence-electron chi connectivity index (χ1n) is 21.1. The lowest BCUT2D eigenvalue weighted by atomic mass is 9.98. The highest BCUT2D eigenvalue weighted by Gasteiger charge is 2.44. The summed E-state index contributed by atoms with van der Waals surface area (Å²) in [6.45, 7) is 41.4. The molecule has 4 atom stereocenters. The third-order valence-corrected chi connectivity index (χ3v) is 26.1. The predicted molar refractivity (Wildman–Crippen MR) is 231 cm³/mol. The van der Waals surface area contributed by atoms with Crippen molar-refractivity contribution >= 4 is 25.0 Å². The Balaban J connectivity index is 5.93. The molecule has 0 aliphatic rings. The first-order valence-corrected chi connectivity index (χ1v) is 29.8. The van der Waals surface area contributed by atoms with Gasteiger partial charge in [-0.25, -0.2) is 0 Å². The van der Waals surface area contributed by atoms with Crippen LogP contribution in [0.5, 0.6) is 0 Å². The molecule has 0 unspecified atom stereocenters. The molecular weight excluding hydrogens is 665 g/mol. The van der Waals surface area contributed by atoms with Crippen LogP contribution in [0.2, 0.25) is 54.4 Å². The van der Waals surface area contributed by atoms with Crippen LogP contribution in [0.15, 0.2) is 12.7 Å². The molecule has 0 aromatic heterocycles. The van der Waals surface area contributed by atoms with Crippen molar-refractivity contribution in [1.82, 2.24) is 0 Å². The van der Waals surface area contributed by atoms with Crippen LogP contribution < -0.4 is 0 Å². The lowest BCUT2D eigenvalue weighted by Crippen LogP contribution is -2.49. The summed E-state index contributed by atoms with van der Waals surface area (Å²) in [7, 11) is -6.16. The first kappa shape index (κ1) is 50.2. The largest absolute Gasteiger partial charge is 0.414 e. The second kappa shape index (κ2) is 23.2. The Morgan fingerprint density at radius 1 is 0.500 bits per heavy atom. The van der Waals surface area contributed by atoms with Gasteiger partial charge in [0.1, 0.15) is 0 Å². The Morgan fingerprint density at radius 2 is 0.800 bits per heavy atom. The summed E-state index contributed by atoms with van der Waals surface area (Å²) < 4.78 is 21.7. The SMILES string of the molecule is C=CC[C@H](O)C[C@@H](C[C@H](C[C@H](CCCCCCCCCCCCCCC)O[Si](C)(C)C(C)(C)C)O[Si](C)(C)C(C)(C)C)O[Si](C)(C)C(C)(C)C. The molecule has 4 nitrogen and oxygen atoms in total. The molecule has 0 saturated carbocycles. The molecule has 0 heterocycles. The molecule has 0 radical (unpaired) electrons. The van der Waals surface area contributed by atoms with E-state index in [1.165, 1.54) is 83.5 Å². The number of unbranched alkanes of at least 4 members (excludes halogenated alkanes) is 12. The van der Waals surface area contributed by atoms with Crippen LogP contribution in [-0.2, 0) is 13.3 Å². The maximum absolute atomic E-state index is 11.0. The van der Waals surface area contributed by atoms with Crippen LogP contribution in [0.1, 0.15) is 185 Å². The van der Waals surface area contributed by atoms with Crippen molar-refractivity contribution in [1.29, 1.82) is 0 Å². The molecule has 0 bridgehead atoms. The molecule has 0 saturated heterocycles. The molecule has 0 fully saturated rings. The molecular formula is C43H92O4Si3. The second-order valence-corrected chi connectivity index (χ2v) is 34.7. The monoisotopic (exact) mass is 757 g/mol.